The number of methoxy groups -OCH3 is 1. The number of rotatable bonds is 6. The Hall–Kier alpha value is -3.88. The molecule has 188 valence electrons. The average molecular weight is 493 g/mol. The number of halogens is 1. The minimum atomic E-state index is -1.51. The van der Waals surface area contributed by atoms with Crippen molar-refractivity contribution in [3.8, 4) is 11.4 Å². The highest BCUT2D eigenvalue weighted by Gasteiger charge is 2.58. The SMILES string of the molecule is CCOC(=O)C1(C2=CC=C(F)CC2)ON=C2/C(=C/c3ccc(-n4cnc(C)c4)c(OC)c3)CCCN21. The Morgan fingerprint density at radius 1 is 1.28 bits per heavy atom. The maximum absolute atomic E-state index is 13.7. The minimum absolute atomic E-state index is 0.204. The lowest BCUT2D eigenvalue weighted by Crippen LogP contribution is -2.58. The lowest BCUT2D eigenvalue weighted by molar-refractivity contribution is -0.178. The summed E-state index contributed by atoms with van der Waals surface area (Å²) in [6.07, 6.45) is 10.9. The second-order valence-corrected chi connectivity index (χ2v) is 8.95. The maximum atomic E-state index is 13.7. The normalized spacial score (nSPS) is 22.4. The van der Waals surface area contributed by atoms with E-state index >= 15 is 0 Å². The molecular weight excluding hydrogens is 463 g/mol. The summed E-state index contributed by atoms with van der Waals surface area (Å²) in [5.74, 6) is 0.549. The van der Waals surface area contributed by atoms with Crippen molar-refractivity contribution in [2.24, 2.45) is 5.16 Å². The third-order valence-corrected chi connectivity index (χ3v) is 6.64. The van der Waals surface area contributed by atoms with Crippen LogP contribution in [-0.4, -0.2) is 52.2 Å². The molecule has 8 nitrogen and oxygen atoms in total. The van der Waals surface area contributed by atoms with Gasteiger partial charge in [0.15, 0.2) is 5.84 Å². The van der Waals surface area contributed by atoms with Crippen LogP contribution in [0.25, 0.3) is 11.8 Å². The highest BCUT2D eigenvalue weighted by molar-refractivity contribution is 6.06. The highest BCUT2D eigenvalue weighted by atomic mass is 19.1. The molecule has 3 heterocycles. The molecule has 0 N–H and O–H groups in total. The second kappa shape index (κ2) is 9.64. The van der Waals surface area contributed by atoms with Gasteiger partial charge in [-0.1, -0.05) is 17.3 Å². The lowest BCUT2D eigenvalue weighted by Gasteiger charge is -2.39. The smallest absolute Gasteiger partial charge is 0.379 e. The number of piperidine rings is 1. The molecule has 0 spiro atoms. The molecule has 1 aromatic carbocycles. The van der Waals surface area contributed by atoms with E-state index < -0.39 is 11.7 Å². The molecule has 2 aromatic rings. The number of fused-ring (bicyclic) bond motifs is 1. The quantitative estimate of drug-likeness (QED) is 0.537. The molecular formula is C27H29FN4O4. The standard InChI is InChI=1S/C27H29FN4O4/c1-4-35-26(33)27(21-8-10-22(28)11-9-21)32-13-5-6-20(25(32)30-36-27)14-19-7-12-23(24(15-19)34-3)31-16-18(2)29-17-31/h7-8,10,12,14-17H,4-6,9,11,13H2,1-3H3/b20-14+. The Bertz CT molecular complexity index is 1310. The van der Waals surface area contributed by atoms with Gasteiger partial charge in [-0.2, -0.15) is 0 Å². The number of esters is 1. The zero-order valence-corrected chi connectivity index (χ0v) is 20.7. The van der Waals surface area contributed by atoms with E-state index in [0.717, 1.165) is 35.4 Å². The Balaban J connectivity index is 1.49. The number of amidine groups is 1. The van der Waals surface area contributed by atoms with Gasteiger partial charge < -0.3 is 23.8 Å². The minimum Gasteiger partial charge on any atom is -0.495 e. The topological polar surface area (TPSA) is 78.2 Å². The summed E-state index contributed by atoms with van der Waals surface area (Å²) in [6.45, 7) is 4.46. The van der Waals surface area contributed by atoms with E-state index in [9.17, 15) is 9.18 Å². The van der Waals surface area contributed by atoms with Gasteiger partial charge in [0, 0.05) is 24.7 Å². The van der Waals surface area contributed by atoms with Crippen molar-refractivity contribution in [1.29, 1.82) is 0 Å². The molecule has 1 saturated heterocycles. The number of hydrogen-bond acceptors (Lipinski definition) is 7. The van der Waals surface area contributed by atoms with Gasteiger partial charge in [0.25, 0.3) is 0 Å². The van der Waals surface area contributed by atoms with E-state index in [1.165, 1.54) is 6.08 Å². The number of nitrogens with zero attached hydrogens (tertiary/aromatic N) is 4. The molecule has 0 radical (unpaired) electrons. The summed E-state index contributed by atoms with van der Waals surface area (Å²) in [5.41, 5.74) is 2.81. The van der Waals surface area contributed by atoms with Crippen LogP contribution in [0, 0.1) is 6.92 Å². The number of aryl methyl sites for hydroxylation is 1. The first-order valence-electron chi connectivity index (χ1n) is 12.1. The Labute approximate surface area is 209 Å². The van der Waals surface area contributed by atoms with E-state index in [1.54, 1.807) is 26.4 Å². The zero-order valence-electron chi connectivity index (χ0n) is 20.7. The molecule has 1 fully saturated rings. The summed E-state index contributed by atoms with van der Waals surface area (Å²) in [4.78, 5) is 25.3. The number of allylic oxidation sites excluding steroid dienone is 3. The summed E-state index contributed by atoms with van der Waals surface area (Å²) in [6, 6.07) is 5.95. The maximum Gasteiger partial charge on any atom is 0.379 e. The van der Waals surface area contributed by atoms with Crippen LogP contribution in [0.1, 0.15) is 43.9 Å². The molecule has 0 bridgehead atoms. The van der Waals surface area contributed by atoms with Crippen molar-refractivity contribution in [2.75, 3.05) is 20.3 Å². The summed E-state index contributed by atoms with van der Waals surface area (Å²) in [7, 11) is 1.64. The number of imidazole rings is 1. The Kier molecular flexibility index (Phi) is 6.38. The van der Waals surface area contributed by atoms with E-state index in [2.05, 4.69) is 10.1 Å². The molecule has 0 amide bonds. The van der Waals surface area contributed by atoms with Crippen molar-refractivity contribution in [1.82, 2.24) is 14.5 Å². The fourth-order valence-electron chi connectivity index (χ4n) is 4.91. The summed E-state index contributed by atoms with van der Waals surface area (Å²) in [5, 5.41) is 4.37. The van der Waals surface area contributed by atoms with Gasteiger partial charge in [-0.15, -0.1) is 0 Å². The number of ether oxygens (including phenoxy) is 2. The van der Waals surface area contributed by atoms with Crippen LogP contribution in [0.4, 0.5) is 4.39 Å². The van der Waals surface area contributed by atoms with Crippen LogP contribution in [0.15, 0.2) is 65.0 Å². The summed E-state index contributed by atoms with van der Waals surface area (Å²) < 4.78 is 26.7. The number of oxime groups is 1. The third-order valence-electron chi connectivity index (χ3n) is 6.64. The zero-order chi connectivity index (χ0) is 25.3. The fraction of sp³-hybridized carbons (Fsp3) is 0.370. The van der Waals surface area contributed by atoms with Gasteiger partial charge in [-0.3, -0.25) is 0 Å². The van der Waals surface area contributed by atoms with Crippen molar-refractivity contribution in [3.05, 3.63) is 71.1 Å². The van der Waals surface area contributed by atoms with Crippen molar-refractivity contribution >= 4 is 17.9 Å². The predicted octanol–water partition coefficient (Wildman–Crippen LogP) is 4.85. The van der Waals surface area contributed by atoms with Gasteiger partial charge in [-0.25, -0.2) is 14.2 Å². The van der Waals surface area contributed by atoms with Crippen LogP contribution < -0.4 is 4.74 Å². The number of carbonyl (C=O) groups excluding carboxylic acids is 1. The number of aromatic nitrogens is 2. The van der Waals surface area contributed by atoms with Gasteiger partial charge >= 0.3 is 11.7 Å². The fourth-order valence-corrected chi connectivity index (χ4v) is 4.91. The molecule has 0 saturated carbocycles. The van der Waals surface area contributed by atoms with Gasteiger partial charge in [0.05, 0.1) is 31.4 Å². The lowest BCUT2D eigenvalue weighted by atomic mass is 9.89. The molecule has 36 heavy (non-hydrogen) atoms. The predicted molar refractivity (Wildman–Crippen MR) is 133 cm³/mol. The molecule has 9 heteroatoms. The Morgan fingerprint density at radius 2 is 2.14 bits per heavy atom. The number of hydrogen-bond donors (Lipinski definition) is 0. The van der Waals surface area contributed by atoms with Gasteiger partial charge in [0.2, 0.25) is 0 Å². The third kappa shape index (κ3) is 4.08. The van der Waals surface area contributed by atoms with E-state index in [0.29, 0.717) is 30.1 Å². The van der Waals surface area contributed by atoms with E-state index in [-0.39, 0.29) is 18.9 Å². The molecule has 2 aliphatic heterocycles. The van der Waals surface area contributed by atoms with Crippen molar-refractivity contribution in [2.45, 2.75) is 45.3 Å². The van der Waals surface area contributed by atoms with Crippen LogP contribution in [-0.2, 0) is 14.4 Å². The Morgan fingerprint density at radius 3 is 2.83 bits per heavy atom. The first-order chi connectivity index (χ1) is 17.5. The van der Waals surface area contributed by atoms with Gasteiger partial charge in [0.1, 0.15) is 11.6 Å². The van der Waals surface area contributed by atoms with Crippen LogP contribution in [0.3, 0.4) is 0 Å². The number of benzene rings is 1. The van der Waals surface area contributed by atoms with Crippen LogP contribution in [0.5, 0.6) is 5.75 Å². The van der Waals surface area contributed by atoms with Crippen LogP contribution >= 0.6 is 0 Å². The molecule has 5 rings (SSSR count). The molecule has 3 aliphatic rings. The first-order valence-corrected chi connectivity index (χ1v) is 12.1. The van der Waals surface area contributed by atoms with E-state index in [4.69, 9.17) is 14.3 Å². The molecule has 1 atom stereocenters. The molecule has 1 aliphatic carbocycles. The second-order valence-electron chi connectivity index (χ2n) is 8.95. The van der Waals surface area contributed by atoms with Crippen molar-refractivity contribution < 1.29 is 23.5 Å². The average Bonchev–Trinajstić information content (AvgIpc) is 3.50. The largest absolute Gasteiger partial charge is 0.495 e. The van der Waals surface area contributed by atoms with Crippen LogP contribution in [0.2, 0.25) is 0 Å². The van der Waals surface area contributed by atoms with Gasteiger partial charge in [-0.05, 0) is 68.5 Å². The molecule has 1 unspecified atom stereocenters. The van der Waals surface area contributed by atoms with E-state index in [1.807, 2.05) is 46.9 Å². The highest BCUT2D eigenvalue weighted by Crippen LogP contribution is 2.42. The first kappa shape index (κ1) is 23.8. The molecule has 1 aromatic heterocycles. The number of carbonyl (C=O) groups is 1. The van der Waals surface area contributed by atoms with Crippen molar-refractivity contribution in [3.63, 3.8) is 0 Å². The monoisotopic (exact) mass is 492 g/mol. The summed E-state index contributed by atoms with van der Waals surface area (Å²) >= 11 is 0.